The third-order valence-electron chi connectivity index (χ3n) is 1.13. The predicted octanol–water partition coefficient (Wildman–Crippen LogP) is 2.16. The van der Waals surface area contributed by atoms with Crippen LogP contribution in [-0.4, -0.2) is 9.97 Å². The van der Waals surface area contributed by atoms with Crippen molar-refractivity contribution >= 4 is 0 Å². The molecule has 0 fully saturated rings. The van der Waals surface area contributed by atoms with Crippen molar-refractivity contribution in [3.63, 3.8) is 0 Å². The van der Waals surface area contributed by atoms with E-state index in [0.29, 0.717) is 0 Å². The number of aromatic nitrogens is 2. The van der Waals surface area contributed by atoms with E-state index in [1.807, 2.05) is 36.4 Å². The van der Waals surface area contributed by atoms with Crippen LogP contribution in [0.1, 0.15) is 0 Å². The smallest absolute Gasteiger partial charge is 0.0267 e. The minimum Gasteiger partial charge on any atom is -0.265 e. The molecule has 3 heteroatoms. The Kier molecular flexibility index (Phi) is 8.75. The molecule has 0 saturated heterocycles. The topological polar surface area (TPSA) is 25.8 Å². The third-order valence-corrected chi connectivity index (χ3v) is 1.13. The molecule has 2 heterocycles. The summed E-state index contributed by atoms with van der Waals surface area (Å²) < 4.78 is 0. The maximum absolute atomic E-state index is 3.78. The van der Waals surface area contributed by atoms with Crippen LogP contribution >= 0.6 is 0 Å². The van der Waals surface area contributed by atoms with Crippen LogP contribution in [0.2, 0.25) is 0 Å². The van der Waals surface area contributed by atoms with Crippen molar-refractivity contribution in [3.05, 3.63) is 61.2 Å². The van der Waals surface area contributed by atoms with Crippen molar-refractivity contribution in [2.45, 2.75) is 0 Å². The summed E-state index contributed by atoms with van der Waals surface area (Å²) in [6, 6.07) is 11.4. The average molecular weight is 271 g/mol. The van der Waals surface area contributed by atoms with Gasteiger partial charge in [0, 0.05) is 52.1 Å². The molecule has 0 amide bonds. The van der Waals surface area contributed by atoms with Gasteiger partial charge in [0.2, 0.25) is 0 Å². The molecular weight excluding hydrogens is 261 g/mol. The molecule has 0 atom stereocenters. The number of rotatable bonds is 0. The van der Waals surface area contributed by atoms with Crippen LogP contribution in [0, 0.1) is 0 Å². The van der Waals surface area contributed by atoms with Gasteiger partial charge >= 0.3 is 0 Å². The molecule has 2 aromatic rings. The van der Waals surface area contributed by atoms with E-state index in [1.165, 1.54) is 0 Å². The third kappa shape index (κ3) is 7.58. The van der Waals surface area contributed by atoms with E-state index in [-0.39, 0.29) is 27.3 Å². The maximum atomic E-state index is 3.78. The van der Waals surface area contributed by atoms with Crippen molar-refractivity contribution in [2.75, 3.05) is 0 Å². The molecule has 0 unspecified atom stereocenters. The first-order chi connectivity index (χ1) is 6.00. The van der Waals surface area contributed by atoms with E-state index in [1.54, 1.807) is 24.8 Å². The predicted molar refractivity (Wildman–Crippen MR) is 48.5 cm³/mol. The standard InChI is InChI=1S/2C5H5N.Cd/c2*1-2-4-6-5-3-1;/h2*1-5H;. The van der Waals surface area contributed by atoms with Gasteiger partial charge in [0.05, 0.1) is 0 Å². The Morgan fingerprint density at radius 2 is 0.769 bits per heavy atom. The van der Waals surface area contributed by atoms with Gasteiger partial charge in [-0.2, -0.15) is 0 Å². The van der Waals surface area contributed by atoms with Crippen molar-refractivity contribution in [1.29, 1.82) is 0 Å². The zero-order chi connectivity index (χ0) is 8.49. The van der Waals surface area contributed by atoms with Crippen LogP contribution in [-0.2, 0) is 27.3 Å². The molecule has 2 rings (SSSR count). The second-order valence-corrected chi connectivity index (χ2v) is 2.05. The molecule has 0 bridgehead atoms. The Bertz CT molecular complexity index is 188. The molecule has 0 radical (unpaired) electrons. The van der Waals surface area contributed by atoms with Crippen LogP contribution in [0.3, 0.4) is 0 Å². The summed E-state index contributed by atoms with van der Waals surface area (Å²) in [6.45, 7) is 0. The summed E-state index contributed by atoms with van der Waals surface area (Å²) in [5, 5.41) is 0. The molecule has 0 aliphatic heterocycles. The Balaban J connectivity index is 0.000000206. The monoisotopic (exact) mass is 272 g/mol. The van der Waals surface area contributed by atoms with Gasteiger partial charge in [0.25, 0.3) is 0 Å². The summed E-state index contributed by atoms with van der Waals surface area (Å²) >= 11 is 0. The SMILES string of the molecule is [Cd].c1ccncc1.c1ccncc1. The Morgan fingerprint density at radius 1 is 0.462 bits per heavy atom. The van der Waals surface area contributed by atoms with Crippen LogP contribution in [0.4, 0.5) is 0 Å². The fourth-order valence-corrected chi connectivity index (χ4v) is 0.625. The van der Waals surface area contributed by atoms with E-state index in [4.69, 9.17) is 0 Å². The van der Waals surface area contributed by atoms with Crippen molar-refractivity contribution in [2.24, 2.45) is 0 Å². The number of nitrogens with zero attached hydrogens (tertiary/aromatic N) is 2. The van der Waals surface area contributed by atoms with Crippen LogP contribution in [0.5, 0.6) is 0 Å². The fraction of sp³-hybridized carbons (Fsp3) is 0. The molecule has 0 saturated carbocycles. The number of hydrogen-bond acceptors (Lipinski definition) is 2. The molecule has 2 aromatic heterocycles. The van der Waals surface area contributed by atoms with Gasteiger partial charge in [-0.1, -0.05) is 12.1 Å². The quantitative estimate of drug-likeness (QED) is 0.686. The van der Waals surface area contributed by atoms with E-state index in [0.717, 1.165) is 0 Å². The van der Waals surface area contributed by atoms with Crippen molar-refractivity contribution in [3.8, 4) is 0 Å². The Morgan fingerprint density at radius 3 is 0.846 bits per heavy atom. The van der Waals surface area contributed by atoms with Gasteiger partial charge in [0.15, 0.2) is 0 Å². The summed E-state index contributed by atoms with van der Waals surface area (Å²) in [6.07, 6.45) is 7.00. The van der Waals surface area contributed by atoms with Gasteiger partial charge in [-0.25, -0.2) is 0 Å². The molecule has 0 aromatic carbocycles. The number of pyridine rings is 2. The average Bonchev–Trinajstić information content (AvgIpc) is 2.24. The largest absolute Gasteiger partial charge is 0.265 e. The van der Waals surface area contributed by atoms with E-state index >= 15 is 0 Å². The fourth-order valence-electron chi connectivity index (χ4n) is 0.625. The van der Waals surface area contributed by atoms with Crippen LogP contribution < -0.4 is 0 Å². The van der Waals surface area contributed by atoms with Gasteiger partial charge in [0.1, 0.15) is 0 Å². The zero-order valence-electron chi connectivity index (χ0n) is 7.38. The van der Waals surface area contributed by atoms with Crippen LogP contribution in [0.15, 0.2) is 61.2 Å². The maximum Gasteiger partial charge on any atom is 0.0267 e. The molecule has 0 aliphatic rings. The molecule has 0 spiro atoms. The van der Waals surface area contributed by atoms with E-state index < -0.39 is 0 Å². The minimum atomic E-state index is 0. The van der Waals surface area contributed by atoms with Gasteiger partial charge in [-0.3, -0.25) is 9.97 Å². The van der Waals surface area contributed by atoms with E-state index in [9.17, 15) is 0 Å². The Labute approximate surface area is 98.2 Å². The minimum absolute atomic E-state index is 0. The second kappa shape index (κ2) is 9.31. The molecule has 0 aliphatic carbocycles. The first-order valence-electron chi connectivity index (χ1n) is 3.70. The molecule has 62 valence electrons. The first-order valence-corrected chi connectivity index (χ1v) is 3.70. The molecule has 2 nitrogen and oxygen atoms in total. The van der Waals surface area contributed by atoms with Crippen LogP contribution in [0.25, 0.3) is 0 Å². The van der Waals surface area contributed by atoms with Gasteiger partial charge in [-0.15, -0.1) is 0 Å². The molecular formula is C10H10CdN2. The summed E-state index contributed by atoms with van der Waals surface area (Å²) in [4.78, 5) is 7.57. The summed E-state index contributed by atoms with van der Waals surface area (Å²) in [7, 11) is 0. The Hall–Kier alpha value is -0.778. The van der Waals surface area contributed by atoms with Crippen molar-refractivity contribution in [1.82, 2.24) is 9.97 Å². The second-order valence-electron chi connectivity index (χ2n) is 2.05. The molecule has 13 heavy (non-hydrogen) atoms. The van der Waals surface area contributed by atoms with Gasteiger partial charge < -0.3 is 0 Å². The molecule has 0 N–H and O–H groups in total. The first kappa shape index (κ1) is 12.2. The van der Waals surface area contributed by atoms with Gasteiger partial charge in [-0.05, 0) is 24.3 Å². The zero-order valence-corrected chi connectivity index (χ0v) is 11.4. The van der Waals surface area contributed by atoms with E-state index in [2.05, 4.69) is 9.97 Å². The van der Waals surface area contributed by atoms with Crippen molar-refractivity contribution < 1.29 is 27.3 Å². The normalized spacial score (nSPS) is 7.38. The summed E-state index contributed by atoms with van der Waals surface area (Å²) in [5.41, 5.74) is 0. The number of hydrogen-bond donors (Lipinski definition) is 0. The summed E-state index contributed by atoms with van der Waals surface area (Å²) in [5.74, 6) is 0.